The Morgan fingerprint density at radius 1 is 1.15 bits per heavy atom. The standard InChI is InChI=1S/C25H24Cl2FN3O3/c1-13-10-16(26)12-19(20(13)24(32)29-2)31-22(15-8-9-18(28)17(27)11-15)21(25(33)34)30-23(31)14-6-4-3-5-7-14/h8-12,14H,3-7H2,1-2H3,(H,29,32)(H,33,34). The van der Waals surface area contributed by atoms with Gasteiger partial charge < -0.3 is 10.4 Å². The average molecular weight is 504 g/mol. The van der Waals surface area contributed by atoms with Gasteiger partial charge in [-0.15, -0.1) is 0 Å². The molecule has 0 aliphatic heterocycles. The van der Waals surface area contributed by atoms with Gasteiger partial charge in [0.05, 0.1) is 22.0 Å². The van der Waals surface area contributed by atoms with Crippen LogP contribution in [0, 0.1) is 12.7 Å². The first kappa shape index (κ1) is 24.2. The monoisotopic (exact) mass is 503 g/mol. The highest BCUT2D eigenvalue weighted by Crippen LogP contribution is 2.40. The number of aryl methyl sites for hydroxylation is 1. The zero-order valence-corrected chi connectivity index (χ0v) is 20.3. The number of hydrogen-bond acceptors (Lipinski definition) is 3. The summed E-state index contributed by atoms with van der Waals surface area (Å²) in [5, 5.41) is 13.0. The van der Waals surface area contributed by atoms with Crippen LogP contribution in [0.25, 0.3) is 16.9 Å². The van der Waals surface area contributed by atoms with E-state index in [4.69, 9.17) is 23.2 Å². The van der Waals surface area contributed by atoms with E-state index in [1.807, 2.05) is 0 Å². The topological polar surface area (TPSA) is 84.2 Å². The number of carboxylic acid groups (broad SMARTS) is 1. The van der Waals surface area contributed by atoms with E-state index in [2.05, 4.69) is 10.3 Å². The van der Waals surface area contributed by atoms with E-state index in [1.165, 1.54) is 25.2 Å². The van der Waals surface area contributed by atoms with Crippen molar-refractivity contribution in [1.82, 2.24) is 14.9 Å². The molecule has 0 spiro atoms. The lowest BCUT2D eigenvalue weighted by molar-refractivity contribution is 0.0691. The molecule has 1 aliphatic rings. The molecular weight excluding hydrogens is 480 g/mol. The summed E-state index contributed by atoms with van der Waals surface area (Å²) in [5.74, 6) is -1.66. The fourth-order valence-electron chi connectivity index (χ4n) is 4.70. The Morgan fingerprint density at radius 3 is 2.47 bits per heavy atom. The number of carboxylic acids is 1. The maximum absolute atomic E-state index is 14.0. The summed E-state index contributed by atoms with van der Waals surface area (Å²) in [6.07, 6.45) is 4.77. The van der Waals surface area contributed by atoms with Crippen molar-refractivity contribution in [3.8, 4) is 16.9 Å². The van der Waals surface area contributed by atoms with Crippen LogP contribution in [-0.4, -0.2) is 33.6 Å². The molecule has 0 bridgehead atoms. The maximum Gasteiger partial charge on any atom is 0.356 e. The van der Waals surface area contributed by atoms with Crippen molar-refractivity contribution in [3.63, 3.8) is 0 Å². The second kappa shape index (κ2) is 9.76. The van der Waals surface area contributed by atoms with Crippen LogP contribution in [0.2, 0.25) is 10.0 Å². The predicted molar refractivity (Wildman–Crippen MR) is 130 cm³/mol. The molecule has 1 fully saturated rings. The number of imidazole rings is 1. The van der Waals surface area contributed by atoms with Crippen LogP contribution in [0.1, 0.15) is 70.3 Å². The van der Waals surface area contributed by atoms with E-state index < -0.39 is 11.8 Å². The second-order valence-corrected chi connectivity index (χ2v) is 9.31. The minimum absolute atomic E-state index is 0.00616. The summed E-state index contributed by atoms with van der Waals surface area (Å²) in [6.45, 7) is 1.77. The van der Waals surface area contributed by atoms with Gasteiger partial charge in [-0.25, -0.2) is 14.2 Å². The smallest absolute Gasteiger partial charge is 0.356 e. The normalized spacial score (nSPS) is 14.3. The molecule has 1 aromatic heterocycles. The first-order chi connectivity index (χ1) is 16.2. The van der Waals surface area contributed by atoms with E-state index in [0.717, 1.165) is 32.1 Å². The number of amides is 1. The molecule has 1 amide bonds. The van der Waals surface area contributed by atoms with Gasteiger partial charge in [0.2, 0.25) is 0 Å². The fourth-order valence-corrected chi connectivity index (χ4v) is 5.14. The summed E-state index contributed by atoms with van der Waals surface area (Å²) in [7, 11) is 1.53. The lowest BCUT2D eigenvalue weighted by Gasteiger charge is -2.24. The molecule has 34 heavy (non-hydrogen) atoms. The van der Waals surface area contributed by atoms with Gasteiger partial charge in [0, 0.05) is 23.6 Å². The van der Waals surface area contributed by atoms with Crippen molar-refractivity contribution in [2.24, 2.45) is 0 Å². The van der Waals surface area contributed by atoms with Crippen LogP contribution in [0.15, 0.2) is 30.3 Å². The van der Waals surface area contributed by atoms with Gasteiger partial charge in [0.25, 0.3) is 5.91 Å². The fraction of sp³-hybridized carbons (Fsp3) is 0.320. The van der Waals surface area contributed by atoms with Gasteiger partial charge in [0.15, 0.2) is 5.69 Å². The van der Waals surface area contributed by atoms with Crippen molar-refractivity contribution in [2.75, 3.05) is 7.05 Å². The second-order valence-electron chi connectivity index (χ2n) is 8.47. The molecule has 178 valence electrons. The Labute approximate surface area is 206 Å². The third kappa shape index (κ3) is 4.42. The van der Waals surface area contributed by atoms with Crippen molar-refractivity contribution in [1.29, 1.82) is 0 Å². The van der Waals surface area contributed by atoms with Crippen molar-refractivity contribution in [2.45, 2.75) is 44.9 Å². The zero-order chi connectivity index (χ0) is 24.6. The molecule has 1 aliphatic carbocycles. The number of aromatic carboxylic acids is 1. The van der Waals surface area contributed by atoms with Crippen molar-refractivity contribution >= 4 is 35.1 Å². The summed E-state index contributed by atoms with van der Waals surface area (Å²) in [5.41, 5.74) is 1.81. The maximum atomic E-state index is 14.0. The molecule has 4 rings (SSSR count). The lowest BCUT2D eigenvalue weighted by atomic mass is 9.88. The van der Waals surface area contributed by atoms with E-state index in [1.54, 1.807) is 23.6 Å². The summed E-state index contributed by atoms with van der Waals surface area (Å²) >= 11 is 12.5. The van der Waals surface area contributed by atoms with E-state index in [0.29, 0.717) is 33.2 Å². The van der Waals surface area contributed by atoms with Gasteiger partial charge in [-0.3, -0.25) is 9.36 Å². The quantitative estimate of drug-likeness (QED) is 0.421. The van der Waals surface area contributed by atoms with E-state index in [-0.39, 0.29) is 28.2 Å². The molecular formula is C25H24Cl2FN3O3. The number of halogens is 3. The summed E-state index contributed by atoms with van der Waals surface area (Å²) in [4.78, 5) is 29.9. The van der Waals surface area contributed by atoms with Gasteiger partial charge in [-0.2, -0.15) is 0 Å². The molecule has 3 aromatic rings. The largest absolute Gasteiger partial charge is 0.476 e. The Morgan fingerprint density at radius 2 is 1.85 bits per heavy atom. The third-order valence-electron chi connectivity index (χ3n) is 6.24. The number of carbonyl (C=O) groups is 2. The number of benzene rings is 2. The Kier molecular flexibility index (Phi) is 6.96. The Hall–Kier alpha value is -2.90. The molecule has 2 N–H and O–H groups in total. The van der Waals surface area contributed by atoms with E-state index >= 15 is 0 Å². The minimum Gasteiger partial charge on any atom is -0.476 e. The zero-order valence-electron chi connectivity index (χ0n) is 18.8. The number of rotatable bonds is 5. The highest BCUT2D eigenvalue weighted by molar-refractivity contribution is 6.31. The molecule has 2 aromatic carbocycles. The van der Waals surface area contributed by atoms with Crippen LogP contribution < -0.4 is 5.32 Å². The molecule has 6 nitrogen and oxygen atoms in total. The van der Waals surface area contributed by atoms with Gasteiger partial charge in [-0.05, 0) is 55.7 Å². The highest BCUT2D eigenvalue weighted by atomic mass is 35.5. The highest BCUT2D eigenvalue weighted by Gasteiger charge is 2.31. The average Bonchev–Trinajstić information content (AvgIpc) is 3.21. The number of aromatic nitrogens is 2. The first-order valence-electron chi connectivity index (χ1n) is 11.1. The van der Waals surface area contributed by atoms with Crippen LogP contribution >= 0.6 is 23.2 Å². The van der Waals surface area contributed by atoms with Gasteiger partial charge >= 0.3 is 5.97 Å². The first-order valence-corrected chi connectivity index (χ1v) is 11.8. The summed E-state index contributed by atoms with van der Waals surface area (Å²) in [6, 6.07) is 7.33. The molecule has 0 atom stereocenters. The molecule has 0 radical (unpaired) electrons. The number of hydrogen-bond donors (Lipinski definition) is 2. The van der Waals surface area contributed by atoms with Gasteiger partial charge in [-0.1, -0.05) is 42.5 Å². The SMILES string of the molecule is CNC(=O)c1c(C)cc(Cl)cc1-n1c(C2CCCCC2)nc(C(=O)O)c1-c1ccc(F)c(Cl)c1. The molecule has 0 saturated heterocycles. The van der Waals surface area contributed by atoms with Crippen LogP contribution in [0.4, 0.5) is 4.39 Å². The number of carbonyl (C=O) groups excluding carboxylic acids is 1. The predicted octanol–water partition coefficient (Wildman–Crippen LogP) is 6.40. The summed E-state index contributed by atoms with van der Waals surface area (Å²) < 4.78 is 15.7. The molecule has 1 saturated carbocycles. The van der Waals surface area contributed by atoms with Crippen molar-refractivity contribution in [3.05, 3.63) is 68.8 Å². The third-order valence-corrected chi connectivity index (χ3v) is 6.75. The molecule has 0 unspecified atom stereocenters. The number of nitrogens with zero attached hydrogens (tertiary/aromatic N) is 2. The van der Waals surface area contributed by atoms with Crippen molar-refractivity contribution < 1.29 is 19.1 Å². The minimum atomic E-state index is -1.23. The molecule has 1 heterocycles. The lowest BCUT2D eigenvalue weighted by Crippen LogP contribution is -2.22. The Bertz CT molecular complexity index is 1280. The van der Waals surface area contributed by atoms with Gasteiger partial charge in [0.1, 0.15) is 11.6 Å². The van der Waals surface area contributed by atoms with Crippen LogP contribution in [-0.2, 0) is 0 Å². The Balaban J connectivity index is 2.13. The van der Waals surface area contributed by atoms with Crippen LogP contribution in [0.5, 0.6) is 0 Å². The number of nitrogens with one attached hydrogen (secondary N) is 1. The van der Waals surface area contributed by atoms with E-state index in [9.17, 15) is 19.1 Å². The van der Waals surface area contributed by atoms with Crippen LogP contribution in [0.3, 0.4) is 0 Å². The molecule has 9 heteroatoms.